The molecule has 1 aliphatic heterocycles. The number of rotatable bonds is 7. The summed E-state index contributed by atoms with van der Waals surface area (Å²) in [7, 11) is 1.45. The fraction of sp³-hybridized carbons (Fsp3) is 0.345. The number of hydrogen-bond donors (Lipinski definition) is 3. The number of aliphatic hydroxyl groups is 1. The summed E-state index contributed by atoms with van der Waals surface area (Å²) in [6.45, 7) is 0.529. The van der Waals surface area contributed by atoms with Crippen LogP contribution in [0, 0.1) is 11.6 Å². The summed E-state index contributed by atoms with van der Waals surface area (Å²) in [5, 5.41) is 12.8. The predicted octanol–water partition coefficient (Wildman–Crippen LogP) is 5.58. The Kier molecular flexibility index (Phi) is 6.96. The fourth-order valence-electron chi connectivity index (χ4n) is 5.72. The topological polar surface area (TPSA) is 84.6 Å². The number of amides is 1. The van der Waals surface area contributed by atoms with Gasteiger partial charge in [0.25, 0.3) is 5.91 Å². The van der Waals surface area contributed by atoms with Crippen LogP contribution in [0.1, 0.15) is 64.4 Å². The Morgan fingerprint density at radius 1 is 1.22 bits per heavy atom. The van der Waals surface area contributed by atoms with Crippen LogP contribution >= 0.6 is 11.6 Å². The first-order chi connectivity index (χ1) is 17.8. The minimum atomic E-state index is -1.01. The lowest BCUT2D eigenvalue weighted by molar-refractivity contribution is 0.0793. The first-order valence-electron chi connectivity index (χ1n) is 12.5. The van der Waals surface area contributed by atoms with Gasteiger partial charge in [0.05, 0.1) is 16.7 Å². The number of halogens is 3. The number of carbonyl (C=O) groups is 1. The molecule has 0 saturated heterocycles. The average molecular weight is 527 g/mol. The lowest BCUT2D eigenvalue weighted by atomic mass is 9.82. The van der Waals surface area contributed by atoms with Gasteiger partial charge in [-0.3, -0.25) is 4.79 Å². The van der Waals surface area contributed by atoms with Crippen LogP contribution in [0.15, 0.2) is 42.5 Å². The second-order valence-corrected chi connectivity index (χ2v) is 10.1. The van der Waals surface area contributed by atoms with Crippen LogP contribution in [0.3, 0.4) is 0 Å². The van der Waals surface area contributed by atoms with Crippen LogP contribution in [-0.4, -0.2) is 24.6 Å². The van der Waals surface area contributed by atoms with Crippen molar-refractivity contribution in [2.24, 2.45) is 5.73 Å². The highest BCUT2D eigenvalue weighted by atomic mass is 35.5. The minimum absolute atomic E-state index is 0.0443. The summed E-state index contributed by atoms with van der Waals surface area (Å²) >= 11 is 6.55. The summed E-state index contributed by atoms with van der Waals surface area (Å²) in [5.41, 5.74) is 7.06. The van der Waals surface area contributed by atoms with Crippen molar-refractivity contribution in [3.05, 3.63) is 86.9 Å². The molecule has 5 rings (SSSR count). The number of aryl methyl sites for hydroxylation is 1. The van der Waals surface area contributed by atoms with E-state index in [4.69, 9.17) is 22.1 Å². The largest absolute Gasteiger partial charge is 0.482 e. The molecule has 0 fully saturated rings. The first-order valence-corrected chi connectivity index (χ1v) is 12.9. The number of carbonyl (C=O) groups excluding carboxylic acids is 1. The Hall–Kier alpha value is -3.00. The van der Waals surface area contributed by atoms with E-state index in [1.165, 1.54) is 13.1 Å². The number of unbranched alkanes of at least 4 members (excludes halogenated alkanes) is 1. The zero-order valence-electron chi connectivity index (χ0n) is 20.5. The second kappa shape index (κ2) is 10.0. The van der Waals surface area contributed by atoms with Crippen LogP contribution in [0.4, 0.5) is 8.78 Å². The fourth-order valence-corrected chi connectivity index (χ4v) is 5.98. The van der Waals surface area contributed by atoms with E-state index < -0.39 is 29.2 Å². The van der Waals surface area contributed by atoms with Crippen molar-refractivity contribution in [3.8, 4) is 16.9 Å². The van der Waals surface area contributed by atoms with Crippen molar-refractivity contribution in [1.29, 1.82) is 0 Å². The summed E-state index contributed by atoms with van der Waals surface area (Å²) in [4.78, 5) is 12.9. The van der Waals surface area contributed by atoms with Crippen molar-refractivity contribution < 1.29 is 23.4 Å². The molecule has 0 radical (unpaired) electrons. The van der Waals surface area contributed by atoms with Crippen molar-refractivity contribution in [2.75, 3.05) is 13.6 Å². The van der Waals surface area contributed by atoms with Crippen molar-refractivity contribution in [3.63, 3.8) is 0 Å². The van der Waals surface area contributed by atoms with Crippen LogP contribution < -0.4 is 15.8 Å². The average Bonchev–Trinajstić information content (AvgIpc) is 3.46. The Bertz CT molecular complexity index is 1370. The summed E-state index contributed by atoms with van der Waals surface area (Å²) < 4.78 is 38.0. The van der Waals surface area contributed by atoms with Crippen molar-refractivity contribution in [2.45, 2.75) is 50.2 Å². The maximum absolute atomic E-state index is 16.2. The van der Waals surface area contributed by atoms with Crippen molar-refractivity contribution in [1.82, 2.24) is 5.32 Å². The highest BCUT2D eigenvalue weighted by Gasteiger charge is 2.44. The molecule has 1 heterocycles. The molecule has 1 amide bonds. The number of fused-ring (bicyclic) bond motifs is 2. The second-order valence-electron chi connectivity index (χ2n) is 9.73. The van der Waals surface area contributed by atoms with Gasteiger partial charge in [-0.1, -0.05) is 41.9 Å². The summed E-state index contributed by atoms with van der Waals surface area (Å²) in [6.07, 6.45) is 2.24. The molecule has 0 bridgehead atoms. The number of nitrogens with two attached hydrogens (primary N) is 1. The van der Waals surface area contributed by atoms with Gasteiger partial charge in [-0.05, 0) is 55.8 Å². The minimum Gasteiger partial charge on any atom is -0.482 e. The zero-order chi connectivity index (χ0) is 26.3. The van der Waals surface area contributed by atoms with Crippen LogP contribution in [-0.2, 0) is 18.4 Å². The van der Waals surface area contributed by atoms with Gasteiger partial charge >= 0.3 is 0 Å². The Balaban J connectivity index is 1.75. The lowest BCUT2D eigenvalue weighted by Crippen LogP contribution is -2.31. The predicted molar refractivity (Wildman–Crippen MR) is 139 cm³/mol. The standard InChI is InChI=1S/C29H29ClF2N2O3/c1-34-28(36)18-13-16-9-10-21(35)23(16)27(32)25(18)24-19-15-29(11-5-6-12-33,17-7-3-2-4-8-17)37-22(19)14-20(31)26(24)30/h2-4,7-8,13-14,21,35H,5-6,9-12,15,33H2,1H3,(H,34,36). The normalized spacial score (nSPS) is 19.9. The van der Waals surface area contributed by atoms with Gasteiger partial charge in [0.15, 0.2) is 0 Å². The third kappa shape index (κ3) is 4.29. The molecule has 194 valence electrons. The molecular formula is C29H29ClF2N2O3. The van der Waals surface area contributed by atoms with Gasteiger partial charge < -0.3 is 20.9 Å². The van der Waals surface area contributed by atoms with Gasteiger partial charge in [-0.15, -0.1) is 0 Å². The molecule has 0 spiro atoms. The number of ether oxygens (including phenoxy) is 1. The number of benzene rings is 3. The molecule has 0 saturated carbocycles. The van der Waals surface area contributed by atoms with E-state index in [0.717, 1.165) is 18.4 Å². The maximum atomic E-state index is 16.2. The highest BCUT2D eigenvalue weighted by Crippen LogP contribution is 2.52. The van der Waals surface area contributed by atoms with E-state index in [2.05, 4.69) is 5.32 Å². The smallest absolute Gasteiger partial charge is 0.251 e. The molecule has 1 aliphatic carbocycles. The molecule has 0 aromatic heterocycles. The van der Waals surface area contributed by atoms with Gasteiger partial charge in [0.2, 0.25) is 0 Å². The van der Waals surface area contributed by atoms with E-state index in [0.29, 0.717) is 43.4 Å². The maximum Gasteiger partial charge on any atom is 0.251 e. The van der Waals surface area contributed by atoms with Gasteiger partial charge in [0.1, 0.15) is 23.0 Å². The first kappa shape index (κ1) is 25.6. The van der Waals surface area contributed by atoms with E-state index >= 15 is 8.78 Å². The Morgan fingerprint density at radius 3 is 2.68 bits per heavy atom. The van der Waals surface area contributed by atoms with Crippen molar-refractivity contribution >= 4 is 17.5 Å². The van der Waals surface area contributed by atoms with E-state index in [-0.39, 0.29) is 33.0 Å². The van der Waals surface area contributed by atoms with Gasteiger partial charge in [-0.25, -0.2) is 8.78 Å². The molecule has 2 unspecified atom stereocenters. The lowest BCUT2D eigenvalue weighted by Gasteiger charge is -2.29. The molecule has 3 aromatic carbocycles. The van der Waals surface area contributed by atoms with Crippen LogP contribution in [0.25, 0.3) is 11.1 Å². The SMILES string of the molecule is CNC(=O)c1cc2c(c(F)c1-c1c(Cl)c(F)cc3c1CC(CCCCN)(c1ccccc1)O3)C(O)CC2. The third-order valence-electron chi connectivity index (χ3n) is 7.52. The number of hydrogen-bond acceptors (Lipinski definition) is 4. The number of nitrogens with one attached hydrogen (secondary N) is 1. The molecule has 2 atom stereocenters. The molecular weight excluding hydrogens is 498 g/mol. The van der Waals surface area contributed by atoms with E-state index in [1.807, 2.05) is 30.3 Å². The summed E-state index contributed by atoms with van der Waals surface area (Å²) in [6, 6.07) is 12.4. The summed E-state index contributed by atoms with van der Waals surface area (Å²) in [5.74, 6) is -1.79. The van der Waals surface area contributed by atoms with Gasteiger partial charge in [0, 0.05) is 41.8 Å². The molecule has 37 heavy (non-hydrogen) atoms. The number of aliphatic hydroxyl groups excluding tert-OH is 1. The highest BCUT2D eigenvalue weighted by molar-refractivity contribution is 6.34. The molecule has 2 aliphatic rings. The monoisotopic (exact) mass is 526 g/mol. The van der Waals surface area contributed by atoms with Crippen LogP contribution in [0.5, 0.6) is 5.75 Å². The molecule has 3 aromatic rings. The molecule has 5 nitrogen and oxygen atoms in total. The van der Waals surface area contributed by atoms with E-state index in [1.54, 1.807) is 6.07 Å². The molecule has 4 N–H and O–H groups in total. The Labute approximate surface area is 219 Å². The third-order valence-corrected chi connectivity index (χ3v) is 7.89. The van der Waals surface area contributed by atoms with Gasteiger partial charge in [-0.2, -0.15) is 0 Å². The van der Waals surface area contributed by atoms with Crippen LogP contribution in [0.2, 0.25) is 5.02 Å². The Morgan fingerprint density at radius 2 is 1.97 bits per heavy atom. The zero-order valence-corrected chi connectivity index (χ0v) is 21.3. The molecule has 8 heteroatoms. The van der Waals surface area contributed by atoms with E-state index in [9.17, 15) is 9.90 Å². The quantitative estimate of drug-likeness (QED) is 0.351.